The molecule has 1 aliphatic carbocycles. The van der Waals surface area contributed by atoms with Crippen LogP contribution < -0.4 is 0 Å². The molecule has 0 heterocycles. The first-order valence-corrected chi connectivity index (χ1v) is 2.69. The van der Waals surface area contributed by atoms with E-state index in [-0.39, 0.29) is 0 Å². The van der Waals surface area contributed by atoms with E-state index >= 15 is 0 Å². The van der Waals surface area contributed by atoms with Crippen LogP contribution in [0.2, 0.25) is 0 Å². The van der Waals surface area contributed by atoms with E-state index in [1.165, 1.54) is 6.42 Å². The van der Waals surface area contributed by atoms with Crippen LogP contribution in [0.5, 0.6) is 0 Å². The van der Waals surface area contributed by atoms with Gasteiger partial charge in [-0.1, -0.05) is 25.2 Å². The lowest BCUT2D eigenvalue weighted by molar-refractivity contribution is 0.765. The summed E-state index contributed by atoms with van der Waals surface area (Å²) in [5.41, 5.74) is 0. The molecule has 7 heavy (non-hydrogen) atoms. The second-order valence-corrected chi connectivity index (χ2v) is 1.73. The molecule has 0 heteroatoms. The van der Waals surface area contributed by atoms with Gasteiger partial charge in [0.15, 0.2) is 0 Å². The highest BCUT2D eigenvalue weighted by Gasteiger charge is 1.97. The molecule has 1 atom stereocenters. The maximum Gasteiger partial charge on any atom is 0.00214 e. The number of allylic oxidation sites excluding steroid dienone is 4. The lowest BCUT2D eigenvalue weighted by Gasteiger charge is -1.92. The minimum absolute atomic E-state index is 0.611. The molecule has 0 saturated carbocycles. The molecule has 0 N–H and O–H groups in total. The van der Waals surface area contributed by atoms with Gasteiger partial charge in [0.25, 0.3) is 0 Å². The zero-order chi connectivity index (χ0) is 5.11. The van der Waals surface area contributed by atoms with Crippen LogP contribution in [0.4, 0.5) is 0 Å². The highest BCUT2D eigenvalue weighted by Crippen LogP contribution is 2.09. The second kappa shape index (κ2) is 1.97. The Kier molecular flexibility index (Phi) is 1.30. The van der Waals surface area contributed by atoms with Crippen LogP contribution in [0.3, 0.4) is 0 Å². The summed E-state index contributed by atoms with van der Waals surface area (Å²) < 4.78 is 0. The molecule has 1 radical (unpaired) electrons. The van der Waals surface area contributed by atoms with Gasteiger partial charge in [-0.2, -0.15) is 0 Å². The highest BCUT2D eigenvalue weighted by molar-refractivity contribution is 5.12. The van der Waals surface area contributed by atoms with Crippen molar-refractivity contribution in [1.29, 1.82) is 0 Å². The van der Waals surface area contributed by atoms with E-state index in [2.05, 4.69) is 19.1 Å². The Hall–Kier alpha value is -0.520. The standard InChI is InChI=1S/C7H9/c1-2-7-5-3-4-6-7/h3-5,7H,2H2,1H3. The Morgan fingerprint density at radius 3 is 2.86 bits per heavy atom. The minimum atomic E-state index is 0.611. The van der Waals surface area contributed by atoms with Gasteiger partial charge in [0.1, 0.15) is 0 Å². The van der Waals surface area contributed by atoms with Crippen LogP contribution in [0.1, 0.15) is 13.3 Å². The Bertz CT molecular complexity index is 86.6. The van der Waals surface area contributed by atoms with Gasteiger partial charge in [-0.3, -0.25) is 0 Å². The predicted molar refractivity (Wildman–Crippen MR) is 30.7 cm³/mol. The van der Waals surface area contributed by atoms with E-state index in [4.69, 9.17) is 0 Å². The van der Waals surface area contributed by atoms with Crippen molar-refractivity contribution in [2.24, 2.45) is 5.92 Å². The van der Waals surface area contributed by atoms with Gasteiger partial charge >= 0.3 is 0 Å². The average molecular weight is 93.1 g/mol. The Morgan fingerprint density at radius 2 is 2.57 bits per heavy atom. The molecule has 0 saturated heterocycles. The number of hydrogen-bond donors (Lipinski definition) is 0. The third kappa shape index (κ3) is 0.923. The second-order valence-electron chi connectivity index (χ2n) is 1.73. The van der Waals surface area contributed by atoms with Crippen molar-refractivity contribution in [3.63, 3.8) is 0 Å². The van der Waals surface area contributed by atoms with E-state index in [9.17, 15) is 0 Å². The van der Waals surface area contributed by atoms with E-state index in [1.807, 2.05) is 12.2 Å². The van der Waals surface area contributed by atoms with E-state index in [1.54, 1.807) is 0 Å². The molecule has 1 aliphatic rings. The minimum Gasteiger partial charge on any atom is -0.0770 e. The fourth-order valence-electron chi connectivity index (χ4n) is 0.678. The van der Waals surface area contributed by atoms with Crippen molar-refractivity contribution in [3.8, 4) is 0 Å². The van der Waals surface area contributed by atoms with Crippen LogP contribution in [0, 0.1) is 12.0 Å². The van der Waals surface area contributed by atoms with Gasteiger partial charge in [-0.25, -0.2) is 0 Å². The normalized spacial score (nSPS) is 19.0. The molecule has 0 nitrogen and oxygen atoms in total. The molecule has 0 aromatic heterocycles. The lowest BCUT2D eigenvalue weighted by atomic mass is 10.1. The topological polar surface area (TPSA) is 0 Å². The van der Waals surface area contributed by atoms with E-state index in [0.29, 0.717) is 5.92 Å². The fraction of sp³-hybridized carbons (Fsp3) is 0.429. The summed E-state index contributed by atoms with van der Waals surface area (Å²) >= 11 is 0. The summed E-state index contributed by atoms with van der Waals surface area (Å²) in [6.45, 7) is 2.17. The SMILES string of the molecule is CCC1[C]=CC=C1. The van der Waals surface area contributed by atoms with Crippen LogP contribution in [0.25, 0.3) is 0 Å². The number of rotatable bonds is 1. The van der Waals surface area contributed by atoms with E-state index in [0.717, 1.165) is 0 Å². The third-order valence-electron chi connectivity index (χ3n) is 1.19. The van der Waals surface area contributed by atoms with Gasteiger partial charge < -0.3 is 0 Å². The number of hydrogen-bond acceptors (Lipinski definition) is 0. The Morgan fingerprint density at radius 1 is 1.71 bits per heavy atom. The summed E-state index contributed by atoms with van der Waals surface area (Å²) in [6.07, 6.45) is 10.6. The van der Waals surface area contributed by atoms with Gasteiger partial charge in [0, 0.05) is 5.92 Å². The first-order chi connectivity index (χ1) is 3.43. The molecular weight excluding hydrogens is 84.1 g/mol. The zero-order valence-electron chi connectivity index (χ0n) is 4.52. The van der Waals surface area contributed by atoms with Crippen molar-refractivity contribution in [1.82, 2.24) is 0 Å². The molecule has 0 spiro atoms. The van der Waals surface area contributed by atoms with Gasteiger partial charge in [0.05, 0.1) is 0 Å². The van der Waals surface area contributed by atoms with Crippen molar-refractivity contribution in [2.75, 3.05) is 0 Å². The summed E-state index contributed by atoms with van der Waals surface area (Å²) in [7, 11) is 0. The lowest BCUT2D eigenvalue weighted by Crippen LogP contribution is -1.82. The van der Waals surface area contributed by atoms with Crippen LogP contribution in [-0.2, 0) is 0 Å². The molecule has 0 aromatic rings. The zero-order valence-corrected chi connectivity index (χ0v) is 4.52. The van der Waals surface area contributed by atoms with Gasteiger partial charge in [0.2, 0.25) is 0 Å². The quantitative estimate of drug-likeness (QED) is 0.464. The average Bonchev–Trinajstić information content (AvgIpc) is 2.14. The highest BCUT2D eigenvalue weighted by atomic mass is 14.0. The molecule has 37 valence electrons. The van der Waals surface area contributed by atoms with Crippen LogP contribution in [-0.4, -0.2) is 0 Å². The smallest absolute Gasteiger partial charge is 0.00214 e. The third-order valence-corrected chi connectivity index (χ3v) is 1.19. The summed E-state index contributed by atoms with van der Waals surface area (Å²) in [6, 6.07) is 0. The van der Waals surface area contributed by atoms with Crippen LogP contribution in [0.15, 0.2) is 18.2 Å². The predicted octanol–water partition coefficient (Wildman–Crippen LogP) is 1.94. The van der Waals surface area contributed by atoms with E-state index < -0.39 is 0 Å². The molecule has 1 unspecified atom stereocenters. The van der Waals surface area contributed by atoms with Crippen molar-refractivity contribution in [2.45, 2.75) is 13.3 Å². The summed E-state index contributed by atoms with van der Waals surface area (Å²) in [5, 5.41) is 0. The molecule has 0 aromatic carbocycles. The van der Waals surface area contributed by atoms with Crippen LogP contribution >= 0.6 is 0 Å². The summed E-state index contributed by atoms with van der Waals surface area (Å²) in [5.74, 6) is 0.611. The monoisotopic (exact) mass is 93.1 g/mol. The van der Waals surface area contributed by atoms with Gasteiger partial charge in [-0.05, 0) is 12.5 Å². The largest absolute Gasteiger partial charge is 0.0770 e. The molecule has 0 aliphatic heterocycles. The maximum absolute atomic E-state index is 3.17. The van der Waals surface area contributed by atoms with Crippen molar-refractivity contribution < 1.29 is 0 Å². The Labute approximate surface area is 44.5 Å². The molecule has 0 bridgehead atoms. The first-order valence-electron chi connectivity index (χ1n) is 2.69. The molecule has 0 amide bonds. The van der Waals surface area contributed by atoms with Crippen molar-refractivity contribution in [3.05, 3.63) is 24.3 Å². The van der Waals surface area contributed by atoms with Gasteiger partial charge in [-0.15, -0.1) is 0 Å². The molecular formula is C7H9. The summed E-state index contributed by atoms with van der Waals surface area (Å²) in [4.78, 5) is 0. The first kappa shape index (κ1) is 4.63. The Balaban J connectivity index is 2.44. The fourth-order valence-corrected chi connectivity index (χ4v) is 0.678. The maximum atomic E-state index is 3.17. The molecule has 1 rings (SSSR count). The molecule has 0 fully saturated rings. The van der Waals surface area contributed by atoms with Crippen molar-refractivity contribution >= 4 is 0 Å².